The maximum Gasteiger partial charge on any atom is 0.124 e. The summed E-state index contributed by atoms with van der Waals surface area (Å²) < 4.78 is 5.21. The molecular formula is C33H37NO2. The lowest BCUT2D eigenvalue weighted by molar-refractivity contribution is 0.199. The van der Waals surface area contributed by atoms with Crippen molar-refractivity contribution >= 4 is 0 Å². The van der Waals surface area contributed by atoms with Crippen LogP contribution in [0.4, 0.5) is 0 Å². The summed E-state index contributed by atoms with van der Waals surface area (Å²) >= 11 is 0. The first kappa shape index (κ1) is 25.7. The normalized spacial score (nSPS) is 12.0. The molecule has 0 saturated heterocycles. The lowest BCUT2D eigenvalue weighted by atomic mass is 9.63. The molecule has 4 aromatic carbocycles. The van der Waals surface area contributed by atoms with Gasteiger partial charge in [-0.05, 0) is 33.7 Å². The van der Waals surface area contributed by atoms with Gasteiger partial charge in [0.15, 0.2) is 0 Å². The SMILES string of the molecule is COCCNCc1cc(C(C)(C)C)cc(C(c2ccccc2)(c2ccccc2)c2ccccc2)c1O. The lowest BCUT2D eigenvalue weighted by Gasteiger charge is -2.38. The van der Waals surface area contributed by atoms with Crippen LogP contribution in [-0.4, -0.2) is 25.4 Å². The zero-order valence-electron chi connectivity index (χ0n) is 21.8. The number of phenols is 1. The smallest absolute Gasteiger partial charge is 0.124 e. The Labute approximate surface area is 215 Å². The van der Waals surface area contributed by atoms with E-state index in [1.54, 1.807) is 7.11 Å². The number of methoxy groups -OCH3 is 1. The van der Waals surface area contributed by atoms with Crippen LogP contribution < -0.4 is 5.32 Å². The van der Waals surface area contributed by atoms with E-state index in [1.807, 2.05) is 18.2 Å². The van der Waals surface area contributed by atoms with Crippen LogP contribution in [0.3, 0.4) is 0 Å². The third-order valence-electron chi connectivity index (χ3n) is 6.88. The third kappa shape index (κ3) is 5.09. The van der Waals surface area contributed by atoms with E-state index in [0.717, 1.165) is 27.8 Å². The molecule has 0 heterocycles. The minimum Gasteiger partial charge on any atom is -0.507 e. The van der Waals surface area contributed by atoms with E-state index in [-0.39, 0.29) is 5.41 Å². The van der Waals surface area contributed by atoms with Crippen molar-refractivity contribution in [3.05, 3.63) is 137 Å². The second kappa shape index (κ2) is 11.1. The molecule has 0 aliphatic rings. The van der Waals surface area contributed by atoms with Crippen LogP contribution >= 0.6 is 0 Å². The molecule has 0 atom stereocenters. The highest BCUT2D eigenvalue weighted by molar-refractivity contribution is 5.65. The van der Waals surface area contributed by atoms with Crippen molar-refractivity contribution in [1.29, 1.82) is 0 Å². The van der Waals surface area contributed by atoms with E-state index in [4.69, 9.17) is 4.74 Å². The number of benzene rings is 4. The molecule has 3 nitrogen and oxygen atoms in total. The van der Waals surface area contributed by atoms with E-state index >= 15 is 0 Å². The Morgan fingerprint density at radius 3 is 1.58 bits per heavy atom. The second-order valence-corrected chi connectivity index (χ2v) is 10.3. The molecule has 0 bridgehead atoms. The molecule has 0 amide bonds. The maximum atomic E-state index is 12.0. The number of nitrogens with one attached hydrogen (secondary N) is 1. The van der Waals surface area contributed by atoms with Crippen LogP contribution in [-0.2, 0) is 22.1 Å². The molecule has 36 heavy (non-hydrogen) atoms. The predicted octanol–water partition coefficient (Wildman–Crippen LogP) is 6.81. The van der Waals surface area contributed by atoms with Crippen molar-refractivity contribution in [2.75, 3.05) is 20.3 Å². The van der Waals surface area contributed by atoms with Crippen LogP contribution in [0.25, 0.3) is 0 Å². The van der Waals surface area contributed by atoms with Crippen molar-refractivity contribution in [2.45, 2.75) is 38.1 Å². The fourth-order valence-corrected chi connectivity index (χ4v) is 4.98. The molecule has 186 valence electrons. The van der Waals surface area contributed by atoms with E-state index in [2.05, 4.69) is 111 Å². The molecule has 0 saturated carbocycles. The Bertz CT molecular complexity index is 1150. The summed E-state index contributed by atoms with van der Waals surface area (Å²) in [6.45, 7) is 8.56. The van der Waals surface area contributed by atoms with Crippen LogP contribution in [0, 0.1) is 0 Å². The zero-order valence-corrected chi connectivity index (χ0v) is 21.8. The lowest BCUT2D eigenvalue weighted by Crippen LogP contribution is -2.32. The van der Waals surface area contributed by atoms with Crippen LogP contribution in [0.2, 0.25) is 0 Å². The molecule has 0 aromatic heterocycles. The average molecular weight is 480 g/mol. The van der Waals surface area contributed by atoms with Gasteiger partial charge in [-0.2, -0.15) is 0 Å². The predicted molar refractivity (Wildman–Crippen MR) is 149 cm³/mol. The number of hydrogen-bond acceptors (Lipinski definition) is 3. The first-order valence-electron chi connectivity index (χ1n) is 12.6. The molecule has 0 fully saturated rings. The zero-order chi connectivity index (χ0) is 25.6. The fourth-order valence-electron chi connectivity index (χ4n) is 4.98. The maximum absolute atomic E-state index is 12.0. The van der Waals surface area contributed by atoms with Gasteiger partial charge in [0.1, 0.15) is 5.75 Å². The Hall–Kier alpha value is -3.40. The van der Waals surface area contributed by atoms with E-state index in [1.165, 1.54) is 5.56 Å². The Balaban J connectivity index is 2.09. The molecule has 0 aliphatic heterocycles. The fraction of sp³-hybridized carbons (Fsp3) is 0.273. The van der Waals surface area contributed by atoms with Crippen LogP contribution in [0.1, 0.15) is 54.2 Å². The number of ether oxygens (including phenoxy) is 1. The van der Waals surface area contributed by atoms with E-state index in [9.17, 15) is 5.11 Å². The van der Waals surface area contributed by atoms with Crippen molar-refractivity contribution in [2.24, 2.45) is 0 Å². The minimum absolute atomic E-state index is 0.0977. The third-order valence-corrected chi connectivity index (χ3v) is 6.88. The number of hydrogen-bond donors (Lipinski definition) is 2. The topological polar surface area (TPSA) is 41.5 Å². The highest BCUT2D eigenvalue weighted by Crippen LogP contribution is 2.50. The summed E-state index contributed by atoms with van der Waals surface area (Å²) in [7, 11) is 1.70. The molecule has 0 spiro atoms. The van der Waals surface area contributed by atoms with Crippen LogP contribution in [0.5, 0.6) is 5.75 Å². The van der Waals surface area contributed by atoms with Gasteiger partial charge in [0, 0.05) is 31.3 Å². The summed E-state index contributed by atoms with van der Waals surface area (Å²) in [5.41, 5.74) is 5.51. The standard InChI is InChI=1S/C33H37NO2/c1-32(2,3)29-22-25(24-34-20-21-36-4)31(35)30(23-29)33(26-14-8-5-9-15-26,27-16-10-6-11-17-27)28-18-12-7-13-19-28/h5-19,22-23,34-35H,20-21,24H2,1-4H3. The van der Waals surface area contributed by atoms with Gasteiger partial charge in [0.2, 0.25) is 0 Å². The van der Waals surface area contributed by atoms with Gasteiger partial charge in [-0.3, -0.25) is 0 Å². The van der Waals surface area contributed by atoms with Crippen molar-refractivity contribution in [3.8, 4) is 5.75 Å². The molecule has 0 unspecified atom stereocenters. The summed E-state index contributed by atoms with van der Waals surface area (Å²) in [6.07, 6.45) is 0. The number of aromatic hydroxyl groups is 1. The first-order chi connectivity index (χ1) is 17.4. The Morgan fingerprint density at radius 2 is 1.17 bits per heavy atom. The average Bonchev–Trinajstić information content (AvgIpc) is 2.90. The van der Waals surface area contributed by atoms with Gasteiger partial charge < -0.3 is 15.2 Å². The molecule has 2 N–H and O–H groups in total. The minimum atomic E-state index is -0.698. The van der Waals surface area contributed by atoms with Gasteiger partial charge in [-0.15, -0.1) is 0 Å². The number of rotatable bonds is 9. The molecule has 4 rings (SSSR count). The summed E-state index contributed by atoms with van der Waals surface area (Å²) in [6, 6.07) is 35.9. The van der Waals surface area contributed by atoms with Crippen molar-refractivity contribution in [1.82, 2.24) is 5.32 Å². The summed E-state index contributed by atoms with van der Waals surface area (Å²) in [5, 5.41) is 15.4. The Morgan fingerprint density at radius 1 is 0.694 bits per heavy atom. The van der Waals surface area contributed by atoms with Crippen molar-refractivity contribution in [3.63, 3.8) is 0 Å². The highest BCUT2D eigenvalue weighted by Gasteiger charge is 2.41. The van der Waals surface area contributed by atoms with E-state index < -0.39 is 5.41 Å². The molecule has 3 heteroatoms. The largest absolute Gasteiger partial charge is 0.507 e. The molecule has 4 aromatic rings. The quantitative estimate of drug-likeness (QED) is 0.205. The van der Waals surface area contributed by atoms with E-state index in [0.29, 0.717) is 25.4 Å². The second-order valence-electron chi connectivity index (χ2n) is 10.3. The van der Waals surface area contributed by atoms with Crippen molar-refractivity contribution < 1.29 is 9.84 Å². The van der Waals surface area contributed by atoms with Gasteiger partial charge in [0.05, 0.1) is 12.0 Å². The first-order valence-corrected chi connectivity index (χ1v) is 12.6. The summed E-state index contributed by atoms with van der Waals surface area (Å²) in [5.74, 6) is 0.324. The van der Waals surface area contributed by atoms with Gasteiger partial charge in [-0.25, -0.2) is 0 Å². The monoisotopic (exact) mass is 479 g/mol. The Kier molecular flexibility index (Phi) is 7.93. The summed E-state index contributed by atoms with van der Waals surface area (Å²) in [4.78, 5) is 0. The van der Waals surface area contributed by atoms with Gasteiger partial charge in [-0.1, -0.05) is 118 Å². The highest BCUT2D eigenvalue weighted by atomic mass is 16.5. The van der Waals surface area contributed by atoms with Gasteiger partial charge in [0.25, 0.3) is 0 Å². The number of phenolic OH excluding ortho intramolecular Hbond substituents is 1. The van der Waals surface area contributed by atoms with Gasteiger partial charge >= 0.3 is 0 Å². The van der Waals surface area contributed by atoms with Crippen LogP contribution in [0.15, 0.2) is 103 Å². The molecule has 0 radical (unpaired) electrons. The molecule has 0 aliphatic carbocycles. The molecular weight excluding hydrogens is 442 g/mol.